The standard InChI is InChI=1S/C25H33ClF2N6O3/c1-15(35)33-11-8-20-18(14-33)23(31(5)21-12-17(22(27)28)19(26)13-29-21)30-34(20)16-6-9-32(10-7-16)24(36)37-25(2,3)4/h12-13,16,22H,6-11,14H2,1-5H3. The molecule has 4 rings (SSSR count). The third-order valence-electron chi connectivity index (χ3n) is 6.74. The summed E-state index contributed by atoms with van der Waals surface area (Å²) in [5.41, 5.74) is 1.02. The summed E-state index contributed by atoms with van der Waals surface area (Å²) in [6.07, 6.45) is 0.168. The van der Waals surface area contributed by atoms with Crippen molar-refractivity contribution in [3.8, 4) is 0 Å². The van der Waals surface area contributed by atoms with Gasteiger partial charge in [0.2, 0.25) is 5.91 Å². The van der Waals surface area contributed by atoms with Crippen molar-refractivity contribution in [2.24, 2.45) is 0 Å². The molecule has 0 radical (unpaired) electrons. The van der Waals surface area contributed by atoms with Crippen LogP contribution in [0.2, 0.25) is 5.02 Å². The molecule has 0 saturated carbocycles. The first-order chi connectivity index (χ1) is 17.4. The van der Waals surface area contributed by atoms with Gasteiger partial charge in [0.1, 0.15) is 11.4 Å². The van der Waals surface area contributed by atoms with E-state index in [-0.39, 0.29) is 34.4 Å². The van der Waals surface area contributed by atoms with Crippen LogP contribution in [-0.4, -0.2) is 68.8 Å². The van der Waals surface area contributed by atoms with Crippen molar-refractivity contribution in [2.75, 3.05) is 31.6 Å². The Kier molecular flexibility index (Phi) is 7.64. The average Bonchev–Trinajstić information content (AvgIpc) is 3.21. The summed E-state index contributed by atoms with van der Waals surface area (Å²) >= 11 is 5.92. The second-order valence-electron chi connectivity index (χ2n) is 10.5. The highest BCUT2D eigenvalue weighted by molar-refractivity contribution is 6.31. The number of amides is 2. The minimum Gasteiger partial charge on any atom is -0.444 e. The Labute approximate surface area is 220 Å². The molecule has 2 amide bonds. The SMILES string of the molecule is CC(=O)N1CCc2c(c(N(C)c3cc(C(F)F)c(Cl)cn3)nn2C2CCN(C(=O)OC(C)(C)C)CC2)C1. The van der Waals surface area contributed by atoms with E-state index in [1.54, 1.807) is 21.7 Å². The summed E-state index contributed by atoms with van der Waals surface area (Å²) < 4.78 is 34.5. The van der Waals surface area contributed by atoms with Crippen molar-refractivity contribution < 1.29 is 23.1 Å². The molecule has 4 heterocycles. The Morgan fingerprint density at radius 1 is 1.19 bits per heavy atom. The molecule has 1 saturated heterocycles. The number of pyridine rings is 1. The first kappa shape index (κ1) is 27.1. The minimum atomic E-state index is -2.74. The van der Waals surface area contributed by atoms with Crippen LogP contribution >= 0.6 is 11.6 Å². The third kappa shape index (κ3) is 5.81. The Morgan fingerprint density at radius 3 is 2.46 bits per heavy atom. The fourth-order valence-electron chi connectivity index (χ4n) is 4.79. The number of hydrogen-bond donors (Lipinski definition) is 0. The maximum Gasteiger partial charge on any atom is 0.410 e. The molecule has 0 unspecified atom stereocenters. The van der Waals surface area contributed by atoms with E-state index in [1.165, 1.54) is 19.2 Å². The van der Waals surface area contributed by atoms with E-state index < -0.39 is 12.0 Å². The van der Waals surface area contributed by atoms with E-state index in [1.807, 2.05) is 25.5 Å². The van der Waals surface area contributed by atoms with Gasteiger partial charge in [-0.3, -0.25) is 9.48 Å². The summed E-state index contributed by atoms with van der Waals surface area (Å²) in [7, 11) is 1.72. The second kappa shape index (κ2) is 10.4. The molecule has 0 aliphatic carbocycles. The molecule has 2 aromatic heterocycles. The Morgan fingerprint density at radius 2 is 1.86 bits per heavy atom. The quantitative estimate of drug-likeness (QED) is 0.537. The highest BCUT2D eigenvalue weighted by Gasteiger charge is 2.34. The van der Waals surface area contributed by atoms with Crippen LogP contribution in [0.5, 0.6) is 0 Å². The third-order valence-corrected chi connectivity index (χ3v) is 7.05. The lowest BCUT2D eigenvalue weighted by Crippen LogP contribution is -2.42. The molecule has 2 aromatic rings. The number of nitrogens with zero attached hydrogens (tertiary/aromatic N) is 6. The largest absolute Gasteiger partial charge is 0.444 e. The number of piperidine rings is 1. The first-order valence-corrected chi connectivity index (χ1v) is 12.7. The maximum absolute atomic E-state index is 13.5. The van der Waals surface area contributed by atoms with Gasteiger partial charge in [-0.15, -0.1) is 0 Å². The predicted molar refractivity (Wildman–Crippen MR) is 135 cm³/mol. The van der Waals surface area contributed by atoms with Gasteiger partial charge >= 0.3 is 6.09 Å². The normalized spacial score (nSPS) is 16.7. The number of anilines is 2. The molecule has 37 heavy (non-hydrogen) atoms. The van der Waals surface area contributed by atoms with E-state index >= 15 is 0 Å². The van der Waals surface area contributed by atoms with Crippen molar-refractivity contribution in [3.63, 3.8) is 0 Å². The van der Waals surface area contributed by atoms with Crippen LogP contribution in [0.25, 0.3) is 0 Å². The van der Waals surface area contributed by atoms with Crippen molar-refractivity contribution in [1.82, 2.24) is 24.6 Å². The molecular weight excluding hydrogens is 506 g/mol. The number of carbonyl (C=O) groups excluding carboxylic acids is 2. The summed E-state index contributed by atoms with van der Waals surface area (Å²) in [6.45, 7) is 9.08. The molecule has 2 aliphatic heterocycles. The number of hydrogen-bond acceptors (Lipinski definition) is 6. The number of halogens is 3. The number of alkyl halides is 2. The highest BCUT2D eigenvalue weighted by Crippen LogP contribution is 2.37. The van der Waals surface area contributed by atoms with Gasteiger partial charge in [0.05, 0.1) is 17.6 Å². The van der Waals surface area contributed by atoms with Crippen LogP contribution in [-0.2, 0) is 22.5 Å². The zero-order chi connectivity index (χ0) is 27.1. The van der Waals surface area contributed by atoms with Gasteiger partial charge in [-0.1, -0.05) is 11.6 Å². The lowest BCUT2D eigenvalue weighted by molar-refractivity contribution is -0.129. The molecule has 202 valence electrons. The molecule has 1 fully saturated rings. The van der Waals surface area contributed by atoms with Crippen molar-refractivity contribution >= 4 is 35.2 Å². The van der Waals surface area contributed by atoms with Crippen molar-refractivity contribution in [1.29, 1.82) is 0 Å². The number of likely N-dealkylation sites (tertiary alicyclic amines) is 1. The molecule has 0 bridgehead atoms. The summed E-state index contributed by atoms with van der Waals surface area (Å²) in [5, 5.41) is 4.82. The molecular formula is C25H33ClF2N6O3. The van der Waals surface area contributed by atoms with Crippen LogP contribution in [0.1, 0.15) is 69.8 Å². The molecule has 9 nitrogen and oxygen atoms in total. The van der Waals surface area contributed by atoms with Gasteiger partial charge in [-0.05, 0) is 39.7 Å². The minimum absolute atomic E-state index is 0.0396. The predicted octanol–water partition coefficient (Wildman–Crippen LogP) is 5.11. The van der Waals surface area contributed by atoms with Gasteiger partial charge in [0.15, 0.2) is 5.82 Å². The monoisotopic (exact) mass is 538 g/mol. The van der Waals surface area contributed by atoms with Crippen LogP contribution < -0.4 is 4.90 Å². The molecule has 12 heteroatoms. The molecule has 0 aromatic carbocycles. The molecule has 0 spiro atoms. The summed E-state index contributed by atoms with van der Waals surface area (Å²) in [6, 6.07) is 1.32. The van der Waals surface area contributed by atoms with E-state index in [0.29, 0.717) is 51.3 Å². The average molecular weight is 539 g/mol. The number of carbonyl (C=O) groups is 2. The summed E-state index contributed by atoms with van der Waals surface area (Å²) in [5.74, 6) is 0.805. The first-order valence-electron chi connectivity index (χ1n) is 12.4. The van der Waals surface area contributed by atoms with Crippen LogP contribution in [0.4, 0.5) is 25.2 Å². The molecule has 0 atom stereocenters. The van der Waals surface area contributed by atoms with Crippen molar-refractivity contribution in [2.45, 2.75) is 71.6 Å². The lowest BCUT2D eigenvalue weighted by Gasteiger charge is -2.34. The van der Waals surface area contributed by atoms with Gasteiger partial charge in [-0.2, -0.15) is 5.10 Å². The summed E-state index contributed by atoms with van der Waals surface area (Å²) in [4.78, 5) is 34.0. The topological polar surface area (TPSA) is 83.8 Å². The number of fused-ring (bicyclic) bond motifs is 1. The number of aromatic nitrogens is 3. The molecule has 0 N–H and O–H groups in total. The Bertz CT molecular complexity index is 1170. The second-order valence-corrected chi connectivity index (χ2v) is 10.9. The van der Waals surface area contributed by atoms with Gasteiger partial charge in [0.25, 0.3) is 6.43 Å². The van der Waals surface area contributed by atoms with E-state index in [0.717, 1.165) is 11.3 Å². The highest BCUT2D eigenvalue weighted by atomic mass is 35.5. The van der Waals surface area contributed by atoms with Gasteiger partial charge < -0.3 is 19.4 Å². The number of rotatable bonds is 4. The zero-order valence-corrected chi connectivity index (χ0v) is 22.6. The van der Waals surface area contributed by atoms with Crippen LogP contribution in [0.15, 0.2) is 12.3 Å². The van der Waals surface area contributed by atoms with E-state index in [9.17, 15) is 18.4 Å². The Hall–Kier alpha value is -2.95. The van der Waals surface area contributed by atoms with Gasteiger partial charge in [0, 0.05) is 63.0 Å². The van der Waals surface area contributed by atoms with Crippen molar-refractivity contribution in [3.05, 3.63) is 34.1 Å². The number of ether oxygens (including phenoxy) is 1. The molecule has 2 aliphatic rings. The fraction of sp³-hybridized carbons (Fsp3) is 0.600. The Balaban J connectivity index is 1.63. The van der Waals surface area contributed by atoms with E-state index in [4.69, 9.17) is 21.4 Å². The lowest BCUT2D eigenvalue weighted by atomic mass is 10.0. The smallest absolute Gasteiger partial charge is 0.410 e. The van der Waals surface area contributed by atoms with Crippen LogP contribution in [0, 0.1) is 0 Å². The fourth-order valence-corrected chi connectivity index (χ4v) is 4.98. The van der Waals surface area contributed by atoms with Gasteiger partial charge in [-0.25, -0.2) is 18.6 Å². The zero-order valence-electron chi connectivity index (χ0n) is 21.8. The maximum atomic E-state index is 13.5. The van der Waals surface area contributed by atoms with Crippen LogP contribution in [0.3, 0.4) is 0 Å². The van der Waals surface area contributed by atoms with E-state index in [2.05, 4.69) is 4.98 Å².